The van der Waals surface area contributed by atoms with Crippen molar-refractivity contribution in [2.45, 2.75) is 44.6 Å². The topological polar surface area (TPSA) is 71.1 Å². The zero-order valence-corrected chi connectivity index (χ0v) is 21.2. The summed E-state index contributed by atoms with van der Waals surface area (Å²) in [7, 11) is 2.17. The molecule has 0 spiro atoms. The molecule has 1 N–H and O–H groups in total. The number of likely N-dealkylation sites (tertiary alicyclic amines) is 1. The summed E-state index contributed by atoms with van der Waals surface area (Å²) in [5.41, 5.74) is 3.35. The van der Waals surface area contributed by atoms with E-state index in [9.17, 15) is 9.59 Å². The smallest absolute Gasteiger partial charge is 0.257 e. The number of rotatable bonds is 3. The second-order valence-corrected chi connectivity index (χ2v) is 10.3. The van der Waals surface area contributed by atoms with Crippen LogP contribution in [0, 0.1) is 5.92 Å². The molecule has 4 aliphatic heterocycles. The first-order valence-electron chi connectivity index (χ1n) is 13.3. The van der Waals surface area contributed by atoms with Crippen molar-refractivity contribution in [2.75, 3.05) is 46.4 Å². The molecule has 1 atom stereocenters. The number of hydrogen-bond donors (Lipinski definition) is 1. The first kappa shape index (κ1) is 24.6. The van der Waals surface area contributed by atoms with E-state index in [1.54, 1.807) is 0 Å². The van der Waals surface area contributed by atoms with Gasteiger partial charge in [0.15, 0.2) is 6.61 Å². The third kappa shape index (κ3) is 5.84. The summed E-state index contributed by atoms with van der Waals surface area (Å²) in [4.78, 5) is 30.2. The Labute approximate surface area is 213 Å². The van der Waals surface area contributed by atoms with Gasteiger partial charge in [-0.2, -0.15) is 0 Å². The summed E-state index contributed by atoms with van der Waals surface area (Å²) in [6, 6.07) is 14.0. The maximum atomic E-state index is 13.6. The highest BCUT2D eigenvalue weighted by atomic mass is 16.5. The lowest BCUT2D eigenvalue weighted by Gasteiger charge is -2.38. The molecular weight excluding hydrogens is 454 g/mol. The van der Waals surface area contributed by atoms with E-state index in [-0.39, 0.29) is 24.5 Å². The van der Waals surface area contributed by atoms with Crippen molar-refractivity contribution < 1.29 is 19.1 Å². The van der Waals surface area contributed by atoms with Crippen LogP contribution < -0.4 is 14.8 Å². The third-order valence-corrected chi connectivity index (χ3v) is 7.72. The molecule has 0 radical (unpaired) electrons. The summed E-state index contributed by atoms with van der Waals surface area (Å²) in [6.07, 6.45) is 5.38. The Kier molecular flexibility index (Phi) is 7.75. The summed E-state index contributed by atoms with van der Waals surface area (Å²) in [6.45, 7) is 3.94. The summed E-state index contributed by atoms with van der Waals surface area (Å²) >= 11 is 0. The SMILES string of the molecule is CN1CCC(CCC(=O)N2CCc3cc4ccc3C2c2cccc(c2)OCCCNC(=O)CO4)CC1. The average Bonchev–Trinajstić information content (AvgIpc) is 2.90. The summed E-state index contributed by atoms with van der Waals surface area (Å²) < 4.78 is 11.8. The minimum absolute atomic E-state index is 0.0102. The number of ether oxygens (including phenoxy) is 2. The van der Waals surface area contributed by atoms with Crippen LogP contribution in [0.3, 0.4) is 0 Å². The molecule has 2 amide bonds. The zero-order chi connectivity index (χ0) is 24.9. The van der Waals surface area contributed by atoms with E-state index in [0.717, 1.165) is 48.4 Å². The van der Waals surface area contributed by atoms with E-state index in [1.165, 1.54) is 12.8 Å². The number of amides is 2. The Morgan fingerprint density at radius 1 is 1.06 bits per heavy atom. The fourth-order valence-electron chi connectivity index (χ4n) is 5.61. The van der Waals surface area contributed by atoms with Gasteiger partial charge in [0.2, 0.25) is 5.91 Å². The van der Waals surface area contributed by atoms with Crippen molar-refractivity contribution in [3.05, 3.63) is 59.2 Å². The molecule has 192 valence electrons. The molecule has 1 fully saturated rings. The largest absolute Gasteiger partial charge is 0.494 e. The van der Waals surface area contributed by atoms with Crippen LogP contribution >= 0.6 is 0 Å². The highest BCUT2D eigenvalue weighted by Crippen LogP contribution is 2.38. The number of piperidine rings is 1. The van der Waals surface area contributed by atoms with Crippen LogP contribution in [0.25, 0.3) is 0 Å². The fraction of sp³-hybridized carbons (Fsp3) is 0.517. The van der Waals surface area contributed by atoms with Gasteiger partial charge in [0, 0.05) is 19.5 Å². The van der Waals surface area contributed by atoms with Gasteiger partial charge in [0.1, 0.15) is 11.5 Å². The Morgan fingerprint density at radius 2 is 1.89 bits per heavy atom. The lowest BCUT2D eigenvalue weighted by molar-refractivity contribution is -0.133. The van der Waals surface area contributed by atoms with Gasteiger partial charge >= 0.3 is 0 Å². The zero-order valence-electron chi connectivity index (χ0n) is 21.2. The van der Waals surface area contributed by atoms with E-state index >= 15 is 0 Å². The van der Waals surface area contributed by atoms with Crippen LogP contribution in [0.15, 0.2) is 42.5 Å². The number of nitrogens with one attached hydrogen (secondary N) is 1. The molecule has 2 aromatic carbocycles. The molecule has 2 aromatic rings. The molecule has 1 unspecified atom stereocenters. The van der Waals surface area contributed by atoms with E-state index < -0.39 is 0 Å². The highest BCUT2D eigenvalue weighted by Gasteiger charge is 2.33. The van der Waals surface area contributed by atoms with Crippen molar-refractivity contribution in [1.29, 1.82) is 0 Å². The van der Waals surface area contributed by atoms with E-state index in [1.807, 2.05) is 24.3 Å². The Hall–Kier alpha value is -3.06. The van der Waals surface area contributed by atoms with Gasteiger partial charge in [-0.25, -0.2) is 0 Å². The van der Waals surface area contributed by atoms with Crippen molar-refractivity contribution in [2.24, 2.45) is 5.92 Å². The summed E-state index contributed by atoms with van der Waals surface area (Å²) in [5, 5.41) is 2.87. The quantitative estimate of drug-likeness (QED) is 0.711. The van der Waals surface area contributed by atoms with Crippen molar-refractivity contribution in [3.8, 4) is 11.5 Å². The molecule has 7 nitrogen and oxygen atoms in total. The molecule has 4 heterocycles. The summed E-state index contributed by atoms with van der Waals surface area (Å²) in [5.74, 6) is 2.20. The predicted molar refractivity (Wildman–Crippen MR) is 138 cm³/mol. The molecule has 0 aromatic heterocycles. The average molecular weight is 492 g/mol. The number of benzene rings is 2. The van der Waals surface area contributed by atoms with Gasteiger partial charge in [-0.05, 0) is 99.1 Å². The molecule has 6 bridgehead atoms. The third-order valence-electron chi connectivity index (χ3n) is 7.72. The maximum absolute atomic E-state index is 13.6. The van der Waals surface area contributed by atoms with Crippen LogP contribution in [0.2, 0.25) is 0 Å². The molecule has 7 heteroatoms. The second kappa shape index (κ2) is 11.3. The van der Waals surface area contributed by atoms with Crippen LogP contribution in [0.5, 0.6) is 11.5 Å². The van der Waals surface area contributed by atoms with Gasteiger partial charge in [-0.1, -0.05) is 18.2 Å². The van der Waals surface area contributed by atoms with Crippen molar-refractivity contribution in [1.82, 2.24) is 15.1 Å². The number of carbonyl (C=O) groups is 2. The lowest BCUT2D eigenvalue weighted by atomic mass is 9.87. The minimum atomic E-state index is -0.160. The highest BCUT2D eigenvalue weighted by molar-refractivity contribution is 5.78. The first-order chi connectivity index (χ1) is 17.6. The Bertz CT molecular complexity index is 1080. The van der Waals surface area contributed by atoms with Crippen molar-refractivity contribution in [3.63, 3.8) is 0 Å². The molecular formula is C29H37N3O4. The standard InChI is InChI=1S/C29H37N3O4/c1-31-14-10-21(11-15-31)6-9-28(34)32-16-12-22-18-25-7-8-26(22)29(32)23-4-2-5-24(19-23)35-17-3-13-30-27(33)20-36-25/h2,4-5,7-8,18-19,21,29H,3,6,9-17,20H2,1H3,(H,30,33). The normalized spacial score (nSPS) is 21.4. The number of carbonyl (C=O) groups excluding carboxylic acids is 2. The fourth-order valence-corrected chi connectivity index (χ4v) is 5.61. The van der Waals surface area contributed by atoms with Crippen LogP contribution in [-0.4, -0.2) is 68.1 Å². The Morgan fingerprint density at radius 3 is 2.75 bits per heavy atom. The van der Waals surface area contributed by atoms with Crippen LogP contribution in [-0.2, 0) is 16.0 Å². The lowest BCUT2D eigenvalue weighted by Crippen LogP contribution is -2.41. The molecule has 36 heavy (non-hydrogen) atoms. The first-order valence-corrected chi connectivity index (χ1v) is 13.3. The monoisotopic (exact) mass is 491 g/mol. The van der Waals surface area contributed by atoms with Gasteiger partial charge in [0.25, 0.3) is 5.91 Å². The van der Waals surface area contributed by atoms with Gasteiger partial charge in [-0.3, -0.25) is 9.59 Å². The van der Waals surface area contributed by atoms with E-state index in [4.69, 9.17) is 9.47 Å². The molecule has 0 saturated carbocycles. The number of fused-ring (bicyclic) bond motifs is 8. The molecule has 4 aliphatic rings. The van der Waals surface area contributed by atoms with Crippen LogP contribution in [0.4, 0.5) is 0 Å². The maximum Gasteiger partial charge on any atom is 0.257 e. The van der Waals surface area contributed by atoms with Crippen LogP contribution in [0.1, 0.15) is 54.8 Å². The number of hydrogen-bond acceptors (Lipinski definition) is 5. The minimum Gasteiger partial charge on any atom is -0.494 e. The molecule has 1 saturated heterocycles. The predicted octanol–water partition coefficient (Wildman–Crippen LogP) is 3.56. The molecule has 6 rings (SSSR count). The Balaban J connectivity index is 1.42. The van der Waals surface area contributed by atoms with Gasteiger partial charge in [0.05, 0.1) is 12.6 Å². The van der Waals surface area contributed by atoms with Crippen molar-refractivity contribution >= 4 is 11.8 Å². The molecule has 0 aliphatic carbocycles. The van der Waals surface area contributed by atoms with Gasteiger partial charge in [-0.15, -0.1) is 0 Å². The van der Waals surface area contributed by atoms with E-state index in [2.05, 4.69) is 40.4 Å². The van der Waals surface area contributed by atoms with E-state index in [0.29, 0.717) is 44.2 Å². The van der Waals surface area contributed by atoms with Gasteiger partial charge < -0.3 is 24.6 Å². The second-order valence-electron chi connectivity index (χ2n) is 10.3. The number of nitrogens with zero attached hydrogens (tertiary/aromatic N) is 2.